The fourth-order valence-electron chi connectivity index (χ4n) is 2.21. The quantitative estimate of drug-likeness (QED) is 0.766. The second-order valence-electron chi connectivity index (χ2n) is 5.90. The minimum Gasteiger partial charge on any atom is -0.312 e. The maximum Gasteiger partial charge on any atom is 0.245 e. The Morgan fingerprint density at radius 3 is 2.80 bits per heavy atom. The minimum absolute atomic E-state index is 0.298. The van der Waals surface area contributed by atoms with Crippen molar-refractivity contribution in [3.63, 3.8) is 0 Å². The Labute approximate surface area is 120 Å². The number of aromatic nitrogens is 2. The fourth-order valence-corrected chi connectivity index (χ4v) is 3.42. The van der Waals surface area contributed by atoms with Crippen molar-refractivity contribution in [3.05, 3.63) is 12.4 Å². The van der Waals surface area contributed by atoms with Gasteiger partial charge in [0.2, 0.25) is 10.0 Å². The fraction of sp³-hybridized carbons (Fsp3) is 0.769. The first-order chi connectivity index (χ1) is 9.55. The average molecular weight is 298 g/mol. The lowest BCUT2D eigenvalue weighted by Gasteiger charge is -2.15. The summed E-state index contributed by atoms with van der Waals surface area (Å²) in [6.07, 6.45) is 7.89. The average Bonchev–Trinajstić information content (AvgIpc) is 3.31. The van der Waals surface area contributed by atoms with Crippen molar-refractivity contribution >= 4 is 10.0 Å². The molecule has 0 atom stereocenters. The SMILES string of the molecule is CN(CC1CC1)S(=O)(=O)c1cnn(CCNC2CC2)c1. The van der Waals surface area contributed by atoms with Gasteiger partial charge in [-0.15, -0.1) is 0 Å². The lowest BCUT2D eigenvalue weighted by Crippen LogP contribution is -2.28. The van der Waals surface area contributed by atoms with Gasteiger partial charge in [-0.3, -0.25) is 4.68 Å². The van der Waals surface area contributed by atoms with E-state index in [2.05, 4.69) is 10.4 Å². The summed E-state index contributed by atoms with van der Waals surface area (Å²) < 4.78 is 27.9. The van der Waals surface area contributed by atoms with Crippen LogP contribution in [0.15, 0.2) is 17.3 Å². The third-order valence-corrected chi connectivity index (χ3v) is 5.66. The van der Waals surface area contributed by atoms with Crippen LogP contribution >= 0.6 is 0 Å². The predicted molar refractivity (Wildman–Crippen MR) is 75.8 cm³/mol. The van der Waals surface area contributed by atoms with Gasteiger partial charge in [0.25, 0.3) is 0 Å². The molecule has 1 heterocycles. The van der Waals surface area contributed by atoms with Crippen LogP contribution in [-0.4, -0.2) is 48.7 Å². The van der Waals surface area contributed by atoms with E-state index in [9.17, 15) is 8.42 Å². The zero-order valence-corrected chi connectivity index (χ0v) is 12.6. The monoisotopic (exact) mass is 298 g/mol. The Morgan fingerprint density at radius 2 is 2.15 bits per heavy atom. The van der Waals surface area contributed by atoms with Gasteiger partial charge in [-0.25, -0.2) is 12.7 Å². The Hall–Kier alpha value is -0.920. The van der Waals surface area contributed by atoms with Gasteiger partial charge in [0, 0.05) is 32.4 Å². The van der Waals surface area contributed by atoms with Gasteiger partial charge in [-0.1, -0.05) is 0 Å². The molecule has 2 fully saturated rings. The normalized spacial score (nSPS) is 19.7. The molecule has 0 aromatic carbocycles. The van der Waals surface area contributed by atoms with E-state index in [1.807, 2.05) is 0 Å². The zero-order valence-electron chi connectivity index (χ0n) is 11.8. The summed E-state index contributed by atoms with van der Waals surface area (Å²) in [6.45, 7) is 2.17. The van der Waals surface area contributed by atoms with Crippen molar-refractivity contribution in [1.82, 2.24) is 19.4 Å². The molecule has 2 saturated carbocycles. The van der Waals surface area contributed by atoms with Crippen LogP contribution in [0.5, 0.6) is 0 Å². The van der Waals surface area contributed by atoms with Crippen LogP contribution in [-0.2, 0) is 16.6 Å². The zero-order chi connectivity index (χ0) is 14.2. The van der Waals surface area contributed by atoms with E-state index < -0.39 is 10.0 Å². The van der Waals surface area contributed by atoms with E-state index in [1.54, 1.807) is 17.9 Å². The van der Waals surface area contributed by atoms with Crippen LogP contribution < -0.4 is 5.32 Å². The second-order valence-corrected chi connectivity index (χ2v) is 7.94. The molecule has 6 nitrogen and oxygen atoms in total. The lowest BCUT2D eigenvalue weighted by atomic mass is 10.4. The first-order valence-corrected chi connectivity index (χ1v) is 8.72. The second kappa shape index (κ2) is 5.46. The van der Waals surface area contributed by atoms with Crippen molar-refractivity contribution in [3.8, 4) is 0 Å². The highest BCUT2D eigenvalue weighted by Crippen LogP contribution is 2.30. The minimum atomic E-state index is -3.37. The lowest BCUT2D eigenvalue weighted by molar-refractivity contribution is 0.452. The van der Waals surface area contributed by atoms with Gasteiger partial charge in [0.15, 0.2) is 0 Å². The molecule has 112 valence electrons. The van der Waals surface area contributed by atoms with Crippen LogP contribution in [0.25, 0.3) is 0 Å². The summed E-state index contributed by atoms with van der Waals surface area (Å²) in [7, 11) is -1.72. The summed E-state index contributed by atoms with van der Waals surface area (Å²) in [6, 6.07) is 0.665. The van der Waals surface area contributed by atoms with Crippen LogP contribution in [0.4, 0.5) is 0 Å². The molecular formula is C13H22N4O2S. The van der Waals surface area contributed by atoms with E-state index in [0.717, 1.165) is 19.4 Å². The molecule has 0 aliphatic heterocycles. The molecule has 1 aromatic heterocycles. The van der Waals surface area contributed by atoms with Crippen molar-refractivity contribution in [2.24, 2.45) is 5.92 Å². The summed E-state index contributed by atoms with van der Waals surface area (Å²) in [5.74, 6) is 0.549. The van der Waals surface area contributed by atoms with Gasteiger partial charge >= 0.3 is 0 Å². The smallest absolute Gasteiger partial charge is 0.245 e. The third kappa shape index (κ3) is 3.39. The summed E-state index contributed by atoms with van der Waals surface area (Å²) in [5, 5.41) is 7.54. The topological polar surface area (TPSA) is 67.2 Å². The number of sulfonamides is 1. The third-order valence-electron chi connectivity index (χ3n) is 3.88. The highest BCUT2D eigenvalue weighted by atomic mass is 32.2. The van der Waals surface area contributed by atoms with Gasteiger partial charge in [-0.2, -0.15) is 5.10 Å². The number of hydrogen-bond acceptors (Lipinski definition) is 4. The molecule has 0 bridgehead atoms. The van der Waals surface area contributed by atoms with Crippen LogP contribution in [0, 0.1) is 5.92 Å². The van der Waals surface area contributed by atoms with Crippen molar-refractivity contribution in [2.45, 2.75) is 43.2 Å². The largest absolute Gasteiger partial charge is 0.312 e. The molecule has 3 rings (SSSR count). The Morgan fingerprint density at radius 1 is 1.40 bits per heavy atom. The molecule has 0 amide bonds. The van der Waals surface area contributed by atoms with E-state index in [4.69, 9.17) is 0 Å². The predicted octanol–water partition coefficient (Wildman–Crippen LogP) is 0.666. The highest BCUT2D eigenvalue weighted by molar-refractivity contribution is 7.89. The molecule has 20 heavy (non-hydrogen) atoms. The van der Waals surface area contributed by atoms with Crippen LogP contribution in [0.3, 0.4) is 0 Å². The highest BCUT2D eigenvalue weighted by Gasteiger charge is 2.29. The number of rotatable bonds is 8. The summed E-state index contributed by atoms with van der Waals surface area (Å²) in [5.41, 5.74) is 0. The van der Waals surface area contributed by atoms with Crippen LogP contribution in [0.1, 0.15) is 25.7 Å². The van der Waals surface area contributed by atoms with E-state index >= 15 is 0 Å². The summed E-state index contributed by atoms with van der Waals surface area (Å²) >= 11 is 0. The van der Waals surface area contributed by atoms with Crippen molar-refractivity contribution in [1.29, 1.82) is 0 Å². The molecule has 0 radical (unpaired) electrons. The molecule has 0 saturated heterocycles. The van der Waals surface area contributed by atoms with Crippen LogP contribution in [0.2, 0.25) is 0 Å². The molecule has 1 N–H and O–H groups in total. The van der Waals surface area contributed by atoms with Gasteiger partial charge in [-0.05, 0) is 31.6 Å². The van der Waals surface area contributed by atoms with Crippen molar-refractivity contribution in [2.75, 3.05) is 20.1 Å². The molecule has 2 aliphatic carbocycles. The number of hydrogen-bond donors (Lipinski definition) is 1. The molecule has 0 unspecified atom stereocenters. The maximum absolute atomic E-state index is 12.4. The van der Waals surface area contributed by atoms with E-state index in [-0.39, 0.29) is 0 Å². The maximum atomic E-state index is 12.4. The van der Waals surface area contributed by atoms with Gasteiger partial charge in [0.1, 0.15) is 4.90 Å². The first-order valence-electron chi connectivity index (χ1n) is 7.28. The standard InChI is InChI=1S/C13H22N4O2S/c1-16(9-11-2-3-11)20(18,19)13-8-15-17(10-13)7-6-14-12-4-5-12/h8,10-12,14H,2-7,9H2,1H3. The summed E-state index contributed by atoms with van der Waals surface area (Å²) in [4.78, 5) is 0.298. The molecule has 7 heteroatoms. The first kappa shape index (κ1) is 14.0. The van der Waals surface area contributed by atoms with Crippen molar-refractivity contribution < 1.29 is 8.42 Å². The Kier molecular flexibility index (Phi) is 3.83. The Bertz CT molecular complexity index is 561. The molecule has 0 spiro atoms. The van der Waals surface area contributed by atoms with E-state index in [1.165, 1.54) is 23.3 Å². The number of nitrogens with one attached hydrogen (secondary N) is 1. The van der Waals surface area contributed by atoms with E-state index in [0.29, 0.717) is 29.9 Å². The van der Waals surface area contributed by atoms with Gasteiger partial charge in [0.05, 0.1) is 12.7 Å². The Balaban J connectivity index is 1.58. The molecule has 2 aliphatic rings. The van der Waals surface area contributed by atoms with Gasteiger partial charge < -0.3 is 5.32 Å². The molecule has 1 aromatic rings. The number of nitrogens with zero attached hydrogens (tertiary/aromatic N) is 3. The molecular weight excluding hydrogens is 276 g/mol.